The van der Waals surface area contributed by atoms with Crippen LogP contribution in [0.2, 0.25) is 5.02 Å². The molecule has 3 nitrogen and oxygen atoms in total. The van der Waals surface area contributed by atoms with Gasteiger partial charge < -0.3 is 10.2 Å². The van der Waals surface area contributed by atoms with E-state index in [1.54, 1.807) is 12.1 Å². The molecule has 1 aromatic rings. The van der Waals surface area contributed by atoms with Gasteiger partial charge in [0.15, 0.2) is 0 Å². The molecule has 0 fully saturated rings. The van der Waals surface area contributed by atoms with Gasteiger partial charge in [0.2, 0.25) is 0 Å². The molecule has 0 saturated carbocycles. The number of rotatable bonds is 0. The molecule has 2 rings (SSSR count). The smallest absolute Gasteiger partial charge is 0.253 e. The number of anilines is 1. The van der Waals surface area contributed by atoms with E-state index in [9.17, 15) is 4.79 Å². The van der Waals surface area contributed by atoms with Gasteiger partial charge in [-0.05, 0) is 18.2 Å². The molecule has 4 heteroatoms. The molecule has 1 aliphatic heterocycles. The average Bonchev–Trinajstić information content (AvgIpc) is 2.28. The van der Waals surface area contributed by atoms with Crippen molar-refractivity contribution in [2.75, 3.05) is 25.0 Å². The Hall–Kier alpha value is -1.22. The SMILES string of the molecule is CN1CCNC(=O)c2cc(Cl)ccc21. The summed E-state index contributed by atoms with van der Waals surface area (Å²) in [6.07, 6.45) is 0. The number of fused-ring (bicyclic) bond motifs is 1. The molecule has 0 spiro atoms. The van der Waals surface area contributed by atoms with E-state index in [0.29, 0.717) is 17.1 Å². The Kier molecular flexibility index (Phi) is 2.33. The first-order chi connectivity index (χ1) is 6.68. The van der Waals surface area contributed by atoms with Gasteiger partial charge >= 0.3 is 0 Å². The van der Waals surface area contributed by atoms with Gasteiger partial charge in [-0.2, -0.15) is 0 Å². The lowest BCUT2D eigenvalue weighted by molar-refractivity contribution is 0.0958. The number of carbonyl (C=O) groups excluding carboxylic acids is 1. The molecule has 1 N–H and O–H groups in total. The number of benzene rings is 1. The summed E-state index contributed by atoms with van der Waals surface area (Å²) in [6, 6.07) is 5.38. The summed E-state index contributed by atoms with van der Waals surface area (Å²) < 4.78 is 0. The van der Waals surface area contributed by atoms with Gasteiger partial charge in [0, 0.05) is 30.8 Å². The Morgan fingerprint density at radius 2 is 2.29 bits per heavy atom. The number of carbonyl (C=O) groups is 1. The largest absolute Gasteiger partial charge is 0.372 e. The zero-order valence-corrected chi connectivity index (χ0v) is 8.64. The maximum absolute atomic E-state index is 11.6. The molecule has 0 unspecified atom stereocenters. The third-order valence-electron chi connectivity index (χ3n) is 2.35. The van der Waals surface area contributed by atoms with Crippen LogP contribution in [0.15, 0.2) is 18.2 Å². The van der Waals surface area contributed by atoms with Crippen LogP contribution in [0.3, 0.4) is 0 Å². The van der Waals surface area contributed by atoms with Gasteiger partial charge in [0.05, 0.1) is 5.56 Å². The maximum Gasteiger partial charge on any atom is 0.253 e. The number of hydrogen-bond acceptors (Lipinski definition) is 2. The van der Waals surface area contributed by atoms with Gasteiger partial charge in [-0.3, -0.25) is 4.79 Å². The van der Waals surface area contributed by atoms with Gasteiger partial charge in [-0.25, -0.2) is 0 Å². The van der Waals surface area contributed by atoms with Crippen molar-refractivity contribution < 1.29 is 4.79 Å². The van der Waals surface area contributed by atoms with Crippen molar-refractivity contribution in [1.29, 1.82) is 0 Å². The van der Waals surface area contributed by atoms with Crippen LogP contribution in [-0.2, 0) is 0 Å². The number of halogens is 1. The molecule has 0 radical (unpaired) electrons. The van der Waals surface area contributed by atoms with Crippen molar-refractivity contribution >= 4 is 23.2 Å². The highest BCUT2D eigenvalue weighted by Gasteiger charge is 2.17. The van der Waals surface area contributed by atoms with E-state index < -0.39 is 0 Å². The first-order valence-electron chi connectivity index (χ1n) is 4.47. The molecule has 14 heavy (non-hydrogen) atoms. The highest BCUT2D eigenvalue weighted by molar-refractivity contribution is 6.31. The van der Waals surface area contributed by atoms with E-state index >= 15 is 0 Å². The topological polar surface area (TPSA) is 32.3 Å². The number of hydrogen-bond donors (Lipinski definition) is 1. The molecule has 0 atom stereocenters. The van der Waals surface area contributed by atoms with Crippen LogP contribution in [0, 0.1) is 0 Å². The fourth-order valence-electron chi connectivity index (χ4n) is 1.58. The minimum Gasteiger partial charge on any atom is -0.372 e. The van der Waals surface area contributed by atoms with Crippen LogP contribution in [0.1, 0.15) is 10.4 Å². The highest BCUT2D eigenvalue weighted by Crippen LogP contribution is 2.24. The molecular formula is C10H11ClN2O. The van der Waals surface area contributed by atoms with Crippen molar-refractivity contribution in [2.45, 2.75) is 0 Å². The monoisotopic (exact) mass is 210 g/mol. The summed E-state index contributed by atoms with van der Waals surface area (Å²) in [4.78, 5) is 13.7. The van der Waals surface area contributed by atoms with Gasteiger partial charge in [0.25, 0.3) is 5.91 Å². The van der Waals surface area contributed by atoms with E-state index in [1.165, 1.54) is 0 Å². The van der Waals surface area contributed by atoms with Crippen LogP contribution in [0.4, 0.5) is 5.69 Å². The van der Waals surface area contributed by atoms with E-state index in [4.69, 9.17) is 11.6 Å². The zero-order valence-electron chi connectivity index (χ0n) is 7.88. The number of nitrogens with one attached hydrogen (secondary N) is 1. The Morgan fingerprint density at radius 3 is 3.07 bits per heavy atom. The molecule has 0 bridgehead atoms. The first kappa shape index (κ1) is 9.34. The fraction of sp³-hybridized carbons (Fsp3) is 0.300. The summed E-state index contributed by atoms with van der Waals surface area (Å²) >= 11 is 5.84. The molecule has 0 aliphatic carbocycles. The highest BCUT2D eigenvalue weighted by atomic mass is 35.5. The minimum absolute atomic E-state index is 0.0492. The molecule has 1 aliphatic rings. The standard InChI is InChI=1S/C10H11ClN2O/c1-13-5-4-12-10(14)8-6-7(11)2-3-9(8)13/h2-3,6H,4-5H2,1H3,(H,12,14). The van der Waals surface area contributed by atoms with Crippen molar-refractivity contribution in [3.05, 3.63) is 28.8 Å². The van der Waals surface area contributed by atoms with Gasteiger partial charge in [-0.1, -0.05) is 11.6 Å². The lowest BCUT2D eigenvalue weighted by Crippen LogP contribution is -2.27. The van der Waals surface area contributed by atoms with E-state index in [1.807, 2.05) is 18.0 Å². The Morgan fingerprint density at radius 1 is 1.50 bits per heavy atom. The number of amides is 1. The average molecular weight is 211 g/mol. The molecule has 1 heterocycles. The molecule has 1 aromatic carbocycles. The summed E-state index contributed by atoms with van der Waals surface area (Å²) in [7, 11) is 1.97. The Balaban J connectivity index is 2.54. The maximum atomic E-state index is 11.6. The summed E-state index contributed by atoms with van der Waals surface area (Å²) in [5, 5.41) is 3.41. The second-order valence-electron chi connectivity index (χ2n) is 3.34. The van der Waals surface area contributed by atoms with Crippen molar-refractivity contribution in [3.8, 4) is 0 Å². The quantitative estimate of drug-likeness (QED) is 0.704. The predicted octanol–water partition coefficient (Wildman–Crippen LogP) is 1.52. The molecule has 74 valence electrons. The predicted molar refractivity (Wildman–Crippen MR) is 57.1 cm³/mol. The first-order valence-corrected chi connectivity index (χ1v) is 4.85. The zero-order chi connectivity index (χ0) is 10.1. The minimum atomic E-state index is -0.0492. The van der Waals surface area contributed by atoms with Crippen LogP contribution in [-0.4, -0.2) is 26.0 Å². The lowest BCUT2D eigenvalue weighted by atomic mass is 10.1. The third-order valence-corrected chi connectivity index (χ3v) is 2.58. The number of likely N-dealkylation sites (N-methyl/N-ethyl adjacent to an activating group) is 1. The number of nitrogens with zero attached hydrogens (tertiary/aromatic N) is 1. The third kappa shape index (κ3) is 1.55. The van der Waals surface area contributed by atoms with Gasteiger partial charge in [-0.15, -0.1) is 0 Å². The van der Waals surface area contributed by atoms with Crippen LogP contribution >= 0.6 is 11.6 Å². The second kappa shape index (κ2) is 3.50. The second-order valence-corrected chi connectivity index (χ2v) is 3.78. The summed E-state index contributed by atoms with van der Waals surface area (Å²) in [6.45, 7) is 1.49. The fourth-order valence-corrected chi connectivity index (χ4v) is 1.75. The van der Waals surface area contributed by atoms with Crippen molar-refractivity contribution in [2.24, 2.45) is 0 Å². The molecule has 0 saturated heterocycles. The summed E-state index contributed by atoms with van der Waals surface area (Å²) in [5.41, 5.74) is 1.59. The summed E-state index contributed by atoms with van der Waals surface area (Å²) in [5.74, 6) is -0.0492. The van der Waals surface area contributed by atoms with E-state index in [2.05, 4.69) is 5.32 Å². The lowest BCUT2D eigenvalue weighted by Gasteiger charge is -2.17. The molecule has 0 aromatic heterocycles. The Bertz CT molecular complexity index is 378. The van der Waals surface area contributed by atoms with E-state index in [-0.39, 0.29) is 5.91 Å². The van der Waals surface area contributed by atoms with E-state index in [0.717, 1.165) is 12.2 Å². The van der Waals surface area contributed by atoms with Gasteiger partial charge in [0.1, 0.15) is 0 Å². The van der Waals surface area contributed by atoms with Crippen LogP contribution < -0.4 is 10.2 Å². The molecule has 1 amide bonds. The normalized spacial score (nSPS) is 15.9. The van der Waals surface area contributed by atoms with Crippen LogP contribution in [0.25, 0.3) is 0 Å². The van der Waals surface area contributed by atoms with Crippen molar-refractivity contribution in [3.63, 3.8) is 0 Å². The molecular weight excluding hydrogens is 200 g/mol. The van der Waals surface area contributed by atoms with Crippen LogP contribution in [0.5, 0.6) is 0 Å². The Labute approximate surface area is 87.7 Å². The van der Waals surface area contributed by atoms with Crippen molar-refractivity contribution in [1.82, 2.24) is 5.32 Å².